The molecule has 2 saturated heterocycles. The molecular formula is C23H31N5O. The van der Waals surface area contributed by atoms with Gasteiger partial charge in [-0.3, -0.25) is 9.78 Å². The number of pyridine rings is 1. The SMILES string of the molecule is Cc1nc(C(C)C)cc(N2CCC3(CCC(=O)N(Cc4ccncc4)C3)CC2)n1. The molecule has 0 N–H and O–H groups in total. The molecule has 0 aromatic carbocycles. The van der Waals surface area contributed by atoms with Gasteiger partial charge in [0, 0.05) is 56.8 Å². The number of aryl methyl sites for hydroxylation is 1. The Hall–Kier alpha value is -2.50. The maximum atomic E-state index is 12.5. The van der Waals surface area contributed by atoms with Gasteiger partial charge in [0.25, 0.3) is 0 Å². The van der Waals surface area contributed by atoms with E-state index < -0.39 is 0 Å². The molecule has 0 bridgehead atoms. The van der Waals surface area contributed by atoms with Crippen LogP contribution in [-0.2, 0) is 11.3 Å². The first-order valence-electron chi connectivity index (χ1n) is 10.7. The van der Waals surface area contributed by atoms with Gasteiger partial charge in [-0.2, -0.15) is 0 Å². The topological polar surface area (TPSA) is 62.2 Å². The van der Waals surface area contributed by atoms with Crippen LogP contribution in [0.5, 0.6) is 0 Å². The lowest BCUT2D eigenvalue weighted by molar-refractivity contribution is -0.139. The minimum atomic E-state index is 0.237. The summed E-state index contributed by atoms with van der Waals surface area (Å²) >= 11 is 0. The highest BCUT2D eigenvalue weighted by atomic mass is 16.2. The molecule has 0 atom stereocenters. The van der Waals surface area contributed by atoms with E-state index in [2.05, 4.69) is 39.7 Å². The van der Waals surface area contributed by atoms with Crippen LogP contribution in [0.25, 0.3) is 0 Å². The maximum absolute atomic E-state index is 12.5. The van der Waals surface area contributed by atoms with Crippen molar-refractivity contribution in [3.63, 3.8) is 0 Å². The lowest BCUT2D eigenvalue weighted by Crippen LogP contribution is -2.51. The van der Waals surface area contributed by atoms with Crippen LogP contribution in [0.15, 0.2) is 30.6 Å². The monoisotopic (exact) mass is 393 g/mol. The molecule has 154 valence electrons. The standard InChI is InChI=1S/C23H31N5O/c1-17(2)20-14-21(26-18(3)25-20)27-12-8-23(9-13-27)7-4-22(29)28(16-23)15-19-5-10-24-11-6-19/h5-6,10-11,14,17H,4,7-9,12-13,15-16H2,1-3H3. The van der Waals surface area contributed by atoms with E-state index in [1.807, 2.05) is 19.1 Å². The third-order valence-corrected chi connectivity index (χ3v) is 6.45. The highest BCUT2D eigenvalue weighted by Crippen LogP contribution is 2.41. The van der Waals surface area contributed by atoms with Crippen molar-refractivity contribution in [2.75, 3.05) is 24.5 Å². The Balaban J connectivity index is 1.43. The van der Waals surface area contributed by atoms with E-state index in [4.69, 9.17) is 4.98 Å². The zero-order valence-corrected chi connectivity index (χ0v) is 17.8. The van der Waals surface area contributed by atoms with Gasteiger partial charge < -0.3 is 9.80 Å². The predicted octanol–water partition coefficient (Wildman–Crippen LogP) is 3.71. The quantitative estimate of drug-likeness (QED) is 0.792. The molecule has 4 heterocycles. The summed E-state index contributed by atoms with van der Waals surface area (Å²) in [7, 11) is 0. The van der Waals surface area contributed by atoms with Crippen LogP contribution in [0.4, 0.5) is 5.82 Å². The van der Waals surface area contributed by atoms with Crippen molar-refractivity contribution in [3.05, 3.63) is 47.7 Å². The Morgan fingerprint density at radius 3 is 2.52 bits per heavy atom. The van der Waals surface area contributed by atoms with Gasteiger partial charge in [-0.1, -0.05) is 13.8 Å². The van der Waals surface area contributed by atoms with E-state index in [1.165, 1.54) is 0 Å². The van der Waals surface area contributed by atoms with Crippen LogP contribution in [0, 0.1) is 12.3 Å². The third kappa shape index (κ3) is 4.41. The van der Waals surface area contributed by atoms with Crippen LogP contribution < -0.4 is 4.90 Å². The zero-order chi connectivity index (χ0) is 20.4. The van der Waals surface area contributed by atoms with Gasteiger partial charge in [0.05, 0.1) is 0 Å². The largest absolute Gasteiger partial charge is 0.356 e. The number of aromatic nitrogens is 3. The molecule has 1 amide bonds. The Morgan fingerprint density at radius 2 is 1.83 bits per heavy atom. The minimum Gasteiger partial charge on any atom is -0.356 e. The molecule has 0 saturated carbocycles. The molecule has 2 aliphatic heterocycles. The molecule has 2 aromatic heterocycles. The Bertz CT molecular complexity index is 859. The summed E-state index contributed by atoms with van der Waals surface area (Å²) in [5.74, 6) is 2.58. The molecule has 2 aliphatic rings. The molecule has 2 fully saturated rings. The van der Waals surface area contributed by atoms with Gasteiger partial charge in [0.1, 0.15) is 11.6 Å². The van der Waals surface area contributed by atoms with Crippen molar-refractivity contribution >= 4 is 11.7 Å². The van der Waals surface area contributed by atoms with Crippen LogP contribution in [-0.4, -0.2) is 45.4 Å². The first kappa shape index (κ1) is 19.8. The molecule has 29 heavy (non-hydrogen) atoms. The van der Waals surface area contributed by atoms with E-state index >= 15 is 0 Å². The fraction of sp³-hybridized carbons (Fsp3) is 0.565. The number of piperidine rings is 2. The number of anilines is 1. The smallest absolute Gasteiger partial charge is 0.222 e. The third-order valence-electron chi connectivity index (χ3n) is 6.45. The van der Waals surface area contributed by atoms with Gasteiger partial charge >= 0.3 is 0 Å². The first-order valence-corrected chi connectivity index (χ1v) is 10.7. The number of nitrogens with zero attached hydrogens (tertiary/aromatic N) is 5. The van der Waals surface area contributed by atoms with Gasteiger partial charge in [-0.05, 0) is 55.2 Å². The Labute approximate surface area is 173 Å². The van der Waals surface area contributed by atoms with Crippen molar-refractivity contribution in [1.29, 1.82) is 0 Å². The van der Waals surface area contributed by atoms with Gasteiger partial charge in [0.15, 0.2) is 0 Å². The molecular weight excluding hydrogens is 362 g/mol. The van der Waals surface area contributed by atoms with Crippen LogP contribution >= 0.6 is 0 Å². The van der Waals surface area contributed by atoms with Crippen molar-refractivity contribution in [2.45, 2.75) is 58.9 Å². The van der Waals surface area contributed by atoms with Crippen molar-refractivity contribution in [2.24, 2.45) is 5.41 Å². The number of rotatable bonds is 4. The van der Waals surface area contributed by atoms with Gasteiger partial charge in [0.2, 0.25) is 5.91 Å². The average molecular weight is 394 g/mol. The lowest BCUT2D eigenvalue weighted by Gasteiger charge is -2.47. The maximum Gasteiger partial charge on any atom is 0.222 e. The van der Waals surface area contributed by atoms with Crippen molar-refractivity contribution in [3.8, 4) is 0 Å². The molecule has 2 aromatic rings. The fourth-order valence-electron chi connectivity index (χ4n) is 4.61. The lowest BCUT2D eigenvalue weighted by atomic mass is 9.72. The van der Waals surface area contributed by atoms with E-state index in [1.54, 1.807) is 12.4 Å². The van der Waals surface area contributed by atoms with Crippen molar-refractivity contribution in [1.82, 2.24) is 19.9 Å². The van der Waals surface area contributed by atoms with E-state index in [-0.39, 0.29) is 11.3 Å². The predicted molar refractivity (Wildman–Crippen MR) is 114 cm³/mol. The first-order chi connectivity index (χ1) is 13.9. The second kappa shape index (κ2) is 8.09. The average Bonchev–Trinajstić information content (AvgIpc) is 2.72. The van der Waals surface area contributed by atoms with Gasteiger partial charge in [-0.15, -0.1) is 0 Å². The molecule has 6 nitrogen and oxygen atoms in total. The summed E-state index contributed by atoms with van der Waals surface area (Å²) in [4.78, 5) is 30.4. The van der Waals surface area contributed by atoms with E-state index in [0.29, 0.717) is 18.9 Å². The second-order valence-electron chi connectivity index (χ2n) is 8.95. The highest BCUT2D eigenvalue weighted by Gasteiger charge is 2.41. The summed E-state index contributed by atoms with van der Waals surface area (Å²) in [6.45, 7) is 9.86. The molecule has 0 aliphatic carbocycles. The van der Waals surface area contributed by atoms with Crippen molar-refractivity contribution < 1.29 is 4.79 Å². The zero-order valence-electron chi connectivity index (χ0n) is 17.8. The number of hydrogen-bond donors (Lipinski definition) is 0. The minimum absolute atomic E-state index is 0.237. The normalized spacial score (nSPS) is 19.2. The molecule has 4 rings (SSSR count). The number of carbonyl (C=O) groups is 1. The Morgan fingerprint density at radius 1 is 1.10 bits per heavy atom. The molecule has 1 spiro atoms. The Kier molecular flexibility index (Phi) is 5.52. The number of amides is 1. The number of likely N-dealkylation sites (tertiary alicyclic amines) is 1. The molecule has 0 unspecified atom stereocenters. The van der Waals surface area contributed by atoms with Crippen LogP contribution in [0.1, 0.15) is 62.5 Å². The summed E-state index contributed by atoms with van der Waals surface area (Å²) in [5.41, 5.74) is 2.50. The highest BCUT2D eigenvalue weighted by molar-refractivity contribution is 5.77. The second-order valence-corrected chi connectivity index (χ2v) is 8.95. The van der Waals surface area contributed by atoms with Crippen LogP contribution in [0.3, 0.4) is 0 Å². The van der Waals surface area contributed by atoms with E-state index in [0.717, 1.165) is 61.8 Å². The van der Waals surface area contributed by atoms with E-state index in [9.17, 15) is 4.79 Å². The number of hydrogen-bond acceptors (Lipinski definition) is 5. The molecule has 6 heteroatoms. The molecule has 0 radical (unpaired) electrons. The fourth-order valence-corrected chi connectivity index (χ4v) is 4.61. The summed E-state index contributed by atoms with van der Waals surface area (Å²) in [6, 6.07) is 6.15. The summed E-state index contributed by atoms with van der Waals surface area (Å²) in [5, 5.41) is 0. The van der Waals surface area contributed by atoms with Crippen LogP contribution in [0.2, 0.25) is 0 Å². The van der Waals surface area contributed by atoms with Gasteiger partial charge in [-0.25, -0.2) is 9.97 Å². The summed E-state index contributed by atoms with van der Waals surface area (Å²) in [6.07, 6.45) is 7.47. The summed E-state index contributed by atoms with van der Waals surface area (Å²) < 4.78 is 0. The number of carbonyl (C=O) groups excluding carboxylic acids is 1.